The molecule has 1 aliphatic carbocycles. The van der Waals surface area contributed by atoms with Gasteiger partial charge in [0.2, 0.25) is 0 Å². The Balaban J connectivity index is 2.10. The fourth-order valence-corrected chi connectivity index (χ4v) is 1.27. The van der Waals surface area contributed by atoms with Crippen LogP contribution in [0.25, 0.3) is 0 Å². The van der Waals surface area contributed by atoms with Crippen LogP contribution in [0.5, 0.6) is 0 Å². The number of phosphoric ester groups is 1. The van der Waals surface area contributed by atoms with Crippen molar-refractivity contribution in [3.05, 3.63) is 0 Å². The van der Waals surface area contributed by atoms with Crippen molar-refractivity contribution in [2.75, 3.05) is 6.61 Å². The van der Waals surface area contributed by atoms with E-state index in [1.165, 1.54) is 0 Å². The maximum Gasteiger partial charge on any atom is 0.469 e. The minimum Gasteiger partial charge on any atom is -0.303 e. The highest BCUT2D eigenvalue weighted by Gasteiger charge is 2.22. The third-order valence-electron chi connectivity index (χ3n) is 1.70. The van der Waals surface area contributed by atoms with Crippen LogP contribution in [0.15, 0.2) is 0 Å². The van der Waals surface area contributed by atoms with Crippen molar-refractivity contribution in [2.24, 2.45) is 5.92 Å². The van der Waals surface area contributed by atoms with Crippen LogP contribution in [-0.2, 0) is 9.09 Å². The van der Waals surface area contributed by atoms with Gasteiger partial charge in [-0.1, -0.05) is 6.42 Å². The smallest absolute Gasteiger partial charge is 0.303 e. The average Bonchev–Trinajstić information content (AvgIpc) is 1.56. The van der Waals surface area contributed by atoms with Gasteiger partial charge in [-0.2, -0.15) is 0 Å². The van der Waals surface area contributed by atoms with Gasteiger partial charge in [-0.15, -0.1) is 0 Å². The van der Waals surface area contributed by atoms with E-state index in [-0.39, 0.29) is 6.61 Å². The molecule has 0 aromatic rings. The minimum atomic E-state index is -4.20. The maximum atomic E-state index is 10.1. The molecule has 1 aliphatic rings. The molecule has 0 aromatic heterocycles. The zero-order chi connectivity index (χ0) is 7.61. The van der Waals surface area contributed by atoms with Gasteiger partial charge in [0.05, 0.1) is 6.61 Å². The molecular formula is C5H11O4P. The largest absolute Gasteiger partial charge is 0.469 e. The predicted octanol–water partition coefficient (Wildman–Crippen LogP) is 0.896. The van der Waals surface area contributed by atoms with Gasteiger partial charge in [0.1, 0.15) is 0 Å². The zero-order valence-electron chi connectivity index (χ0n) is 5.56. The highest BCUT2D eigenvalue weighted by atomic mass is 31.2. The van der Waals surface area contributed by atoms with E-state index in [1.807, 2.05) is 0 Å². The molecule has 1 fully saturated rings. The van der Waals surface area contributed by atoms with E-state index in [0.29, 0.717) is 5.92 Å². The van der Waals surface area contributed by atoms with Gasteiger partial charge in [0.25, 0.3) is 0 Å². The molecule has 0 aromatic carbocycles. The van der Waals surface area contributed by atoms with Crippen molar-refractivity contribution in [3.8, 4) is 0 Å². The number of hydrogen-bond acceptors (Lipinski definition) is 2. The molecule has 0 radical (unpaired) electrons. The van der Waals surface area contributed by atoms with Crippen molar-refractivity contribution in [1.82, 2.24) is 0 Å². The Morgan fingerprint density at radius 3 is 2.40 bits per heavy atom. The normalized spacial score (nSPS) is 20.6. The lowest BCUT2D eigenvalue weighted by molar-refractivity contribution is 0.133. The Morgan fingerprint density at radius 2 is 2.10 bits per heavy atom. The van der Waals surface area contributed by atoms with Crippen LogP contribution in [0.2, 0.25) is 0 Å². The average molecular weight is 166 g/mol. The third-order valence-corrected chi connectivity index (χ3v) is 2.19. The van der Waals surface area contributed by atoms with E-state index in [4.69, 9.17) is 9.79 Å². The van der Waals surface area contributed by atoms with Crippen molar-refractivity contribution < 1.29 is 18.9 Å². The van der Waals surface area contributed by atoms with Gasteiger partial charge >= 0.3 is 7.82 Å². The molecule has 60 valence electrons. The molecule has 5 heteroatoms. The van der Waals surface area contributed by atoms with Crippen molar-refractivity contribution in [2.45, 2.75) is 19.3 Å². The van der Waals surface area contributed by atoms with Crippen molar-refractivity contribution in [3.63, 3.8) is 0 Å². The Hall–Kier alpha value is 0.110. The lowest BCUT2D eigenvalue weighted by Gasteiger charge is -2.24. The van der Waals surface area contributed by atoms with Crippen LogP contribution in [0.4, 0.5) is 0 Å². The Kier molecular flexibility index (Phi) is 2.47. The molecule has 0 aliphatic heterocycles. The van der Waals surface area contributed by atoms with E-state index in [0.717, 1.165) is 19.3 Å². The first-order valence-corrected chi connectivity index (χ1v) is 4.81. The summed E-state index contributed by atoms with van der Waals surface area (Å²) in [4.78, 5) is 16.6. The molecule has 4 nitrogen and oxygen atoms in total. The summed E-state index contributed by atoms with van der Waals surface area (Å²) in [7, 11) is -4.20. The second-order valence-corrected chi connectivity index (χ2v) is 3.82. The fourth-order valence-electron chi connectivity index (χ4n) is 0.862. The van der Waals surface area contributed by atoms with Gasteiger partial charge in [0, 0.05) is 0 Å². The summed E-state index contributed by atoms with van der Waals surface area (Å²) in [6.45, 7) is 0.213. The maximum absolute atomic E-state index is 10.1. The lowest BCUT2D eigenvalue weighted by atomic mass is 9.86. The summed E-state index contributed by atoms with van der Waals surface area (Å²) >= 11 is 0. The molecule has 1 saturated carbocycles. The number of hydrogen-bond donors (Lipinski definition) is 2. The highest BCUT2D eigenvalue weighted by Crippen LogP contribution is 2.38. The van der Waals surface area contributed by atoms with Crippen LogP contribution in [0.3, 0.4) is 0 Å². The topological polar surface area (TPSA) is 66.8 Å². The number of phosphoric acid groups is 1. The van der Waals surface area contributed by atoms with E-state index >= 15 is 0 Å². The molecule has 10 heavy (non-hydrogen) atoms. The molecule has 0 spiro atoms. The SMILES string of the molecule is O=P(O)(O)OCC1CCC1. The van der Waals surface area contributed by atoms with Crippen LogP contribution in [0, 0.1) is 5.92 Å². The van der Waals surface area contributed by atoms with Gasteiger partial charge in [-0.25, -0.2) is 4.57 Å². The minimum absolute atomic E-state index is 0.213. The molecule has 0 atom stereocenters. The molecule has 0 amide bonds. The number of rotatable bonds is 3. The summed E-state index contributed by atoms with van der Waals surface area (Å²) in [5.74, 6) is 0.382. The molecule has 1 rings (SSSR count). The zero-order valence-corrected chi connectivity index (χ0v) is 6.46. The molecule has 0 heterocycles. The quantitative estimate of drug-likeness (QED) is 0.611. The van der Waals surface area contributed by atoms with Gasteiger partial charge in [-0.3, -0.25) is 4.52 Å². The monoisotopic (exact) mass is 166 g/mol. The van der Waals surface area contributed by atoms with Crippen LogP contribution < -0.4 is 0 Å². The first-order valence-electron chi connectivity index (χ1n) is 3.28. The standard InChI is InChI=1S/C5H11O4P/c6-10(7,8)9-4-5-2-1-3-5/h5H,1-4H2,(H2,6,7,8). The summed E-state index contributed by atoms with van der Waals surface area (Å²) in [5.41, 5.74) is 0. The van der Waals surface area contributed by atoms with E-state index in [2.05, 4.69) is 4.52 Å². The lowest BCUT2D eigenvalue weighted by Crippen LogP contribution is -2.16. The first-order chi connectivity index (χ1) is 4.58. The van der Waals surface area contributed by atoms with Crippen LogP contribution in [-0.4, -0.2) is 16.4 Å². The Morgan fingerprint density at radius 1 is 1.50 bits per heavy atom. The van der Waals surface area contributed by atoms with E-state index in [9.17, 15) is 4.57 Å². The van der Waals surface area contributed by atoms with Crippen LogP contribution in [0.1, 0.15) is 19.3 Å². The second kappa shape index (κ2) is 3.01. The molecule has 0 unspecified atom stereocenters. The molecule has 0 saturated heterocycles. The summed E-state index contributed by atoms with van der Waals surface area (Å²) in [6, 6.07) is 0. The van der Waals surface area contributed by atoms with Crippen molar-refractivity contribution >= 4 is 7.82 Å². The third kappa shape index (κ3) is 2.80. The molecule has 0 bridgehead atoms. The predicted molar refractivity (Wildman–Crippen MR) is 35.3 cm³/mol. The molecular weight excluding hydrogens is 155 g/mol. The van der Waals surface area contributed by atoms with Crippen molar-refractivity contribution in [1.29, 1.82) is 0 Å². The van der Waals surface area contributed by atoms with E-state index in [1.54, 1.807) is 0 Å². The fraction of sp³-hybridized carbons (Fsp3) is 1.00. The summed E-state index contributed by atoms with van der Waals surface area (Å²) < 4.78 is 14.4. The van der Waals surface area contributed by atoms with Crippen LogP contribution >= 0.6 is 7.82 Å². The Bertz CT molecular complexity index is 148. The summed E-state index contributed by atoms with van der Waals surface area (Å²) in [6.07, 6.45) is 3.25. The van der Waals surface area contributed by atoms with Gasteiger partial charge in [-0.05, 0) is 18.8 Å². The Labute approximate surface area is 59.4 Å². The van der Waals surface area contributed by atoms with Gasteiger partial charge < -0.3 is 9.79 Å². The van der Waals surface area contributed by atoms with Gasteiger partial charge in [0.15, 0.2) is 0 Å². The van der Waals surface area contributed by atoms with E-state index < -0.39 is 7.82 Å². The molecule has 2 N–H and O–H groups in total. The second-order valence-electron chi connectivity index (χ2n) is 2.58. The highest BCUT2D eigenvalue weighted by molar-refractivity contribution is 7.46. The summed E-state index contributed by atoms with van der Waals surface area (Å²) in [5, 5.41) is 0. The first kappa shape index (κ1) is 8.21.